The molecule has 6 nitrogen and oxygen atoms in total. The molecule has 0 saturated carbocycles. The summed E-state index contributed by atoms with van der Waals surface area (Å²) in [5.74, 6) is -1.69. The number of rotatable bonds is 3. The Hall–Kier alpha value is -2.37. The van der Waals surface area contributed by atoms with Gasteiger partial charge >= 0.3 is 5.97 Å². The van der Waals surface area contributed by atoms with Gasteiger partial charge in [0, 0.05) is 18.9 Å². The fourth-order valence-electron chi connectivity index (χ4n) is 2.30. The Labute approximate surface area is 115 Å². The molecule has 0 aliphatic carbocycles. The summed E-state index contributed by atoms with van der Waals surface area (Å²) in [5, 5.41) is 10.8. The highest BCUT2D eigenvalue weighted by atomic mass is 16.5. The number of nitrogens with zero attached hydrogens (tertiary/aromatic N) is 1. The van der Waals surface area contributed by atoms with E-state index >= 15 is 0 Å². The molecule has 0 N–H and O–H groups in total. The summed E-state index contributed by atoms with van der Waals surface area (Å²) in [7, 11) is 0. The van der Waals surface area contributed by atoms with E-state index in [1.165, 1.54) is 11.8 Å². The summed E-state index contributed by atoms with van der Waals surface area (Å²) in [6, 6.07) is 4.90. The molecule has 1 aliphatic heterocycles. The topological polar surface area (TPSA) is 86.7 Å². The number of carboxylic acids is 1. The summed E-state index contributed by atoms with van der Waals surface area (Å²) in [4.78, 5) is 35.1. The highest BCUT2D eigenvalue weighted by Crippen LogP contribution is 2.33. The monoisotopic (exact) mass is 276 g/mol. The molecule has 0 saturated heterocycles. The highest BCUT2D eigenvalue weighted by Gasteiger charge is 2.24. The predicted octanol–water partition coefficient (Wildman–Crippen LogP) is 0.0311. The normalized spacial score (nSPS) is 14.4. The maximum atomic E-state index is 12.0. The zero-order chi connectivity index (χ0) is 14.7. The summed E-state index contributed by atoms with van der Waals surface area (Å²) >= 11 is 0. The number of hydrogen-bond donors (Lipinski definition) is 0. The van der Waals surface area contributed by atoms with Crippen LogP contribution in [0.4, 0.5) is 5.69 Å². The van der Waals surface area contributed by atoms with Gasteiger partial charge in [0.1, 0.15) is 5.75 Å². The SMILES string of the molecule is CC(=O)Oc1cccc2c1CCCC(=O)N2CC(=O)[O-]. The van der Waals surface area contributed by atoms with Gasteiger partial charge in [0.2, 0.25) is 5.91 Å². The van der Waals surface area contributed by atoms with Crippen LogP contribution in [0.5, 0.6) is 5.75 Å². The van der Waals surface area contributed by atoms with Gasteiger partial charge in [0.25, 0.3) is 0 Å². The molecule has 1 aromatic carbocycles. The van der Waals surface area contributed by atoms with Crippen molar-refractivity contribution in [1.82, 2.24) is 0 Å². The predicted molar refractivity (Wildman–Crippen MR) is 68.0 cm³/mol. The van der Waals surface area contributed by atoms with E-state index in [0.29, 0.717) is 29.8 Å². The van der Waals surface area contributed by atoms with Crippen LogP contribution < -0.4 is 14.7 Å². The second-order valence-electron chi connectivity index (χ2n) is 4.55. The second-order valence-corrected chi connectivity index (χ2v) is 4.55. The summed E-state index contributed by atoms with van der Waals surface area (Å²) in [6.45, 7) is 0.787. The first-order valence-corrected chi connectivity index (χ1v) is 6.29. The number of amides is 1. The number of carbonyl (C=O) groups is 3. The van der Waals surface area contributed by atoms with E-state index in [0.717, 1.165) is 0 Å². The van der Waals surface area contributed by atoms with Crippen LogP contribution in [0.2, 0.25) is 0 Å². The standard InChI is InChI=1S/C14H15NO5/c1-9(16)20-12-6-3-5-11-10(12)4-2-7-13(17)15(11)8-14(18)19/h3,5-6H,2,4,7-8H2,1H3,(H,18,19)/p-1. The molecule has 1 amide bonds. The van der Waals surface area contributed by atoms with Crippen LogP contribution in [-0.4, -0.2) is 24.4 Å². The van der Waals surface area contributed by atoms with Gasteiger partial charge in [-0.2, -0.15) is 0 Å². The minimum Gasteiger partial charge on any atom is -0.548 e. The molecule has 2 rings (SSSR count). The fourth-order valence-corrected chi connectivity index (χ4v) is 2.30. The molecule has 0 radical (unpaired) electrons. The maximum Gasteiger partial charge on any atom is 0.308 e. The fraction of sp³-hybridized carbons (Fsp3) is 0.357. The third-order valence-electron chi connectivity index (χ3n) is 3.06. The van der Waals surface area contributed by atoms with Crippen molar-refractivity contribution in [3.05, 3.63) is 23.8 Å². The van der Waals surface area contributed by atoms with Gasteiger partial charge in [-0.05, 0) is 25.0 Å². The van der Waals surface area contributed by atoms with Crippen molar-refractivity contribution < 1.29 is 24.2 Å². The lowest BCUT2D eigenvalue weighted by atomic mass is 10.1. The molecule has 1 heterocycles. The van der Waals surface area contributed by atoms with Crippen molar-refractivity contribution in [1.29, 1.82) is 0 Å². The zero-order valence-corrected chi connectivity index (χ0v) is 11.0. The second kappa shape index (κ2) is 5.73. The van der Waals surface area contributed by atoms with Crippen molar-refractivity contribution in [2.75, 3.05) is 11.4 Å². The van der Waals surface area contributed by atoms with Crippen LogP contribution in [0, 0.1) is 0 Å². The number of esters is 1. The molecule has 106 valence electrons. The van der Waals surface area contributed by atoms with Crippen LogP contribution >= 0.6 is 0 Å². The lowest BCUT2D eigenvalue weighted by Gasteiger charge is -2.24. The summed E-state index contributed by atoms with van der Waals surface area (Å²) < 4.78 is 5.12. The Balaban J connectivity index is 2.47. The first-order valence-electron chi connectivity index (χ1n) is 6.29. The quantitative estimate of drug-likeness (QED) is 0.574. The molecule has 0 atom stereocenters. The number of hydrogen-bond acceptors (Lipinski definition) is 5. The molecule has 0 unspecified atom stereocenters. The summed E-state index contributed by atoms with van der Waals surface area (Å²) in [6.07, 6.45) is 1.38. The molecule has 0 fully saturated rings. The number of aliphatic carboxylic acids is 1. The average molecular weight is 276 g/mol. The molecule has 0 spiro atoms. The average Bonchev–Trinajstić information content (AvgIpc) is 2.50. The Bertz CT molecular complexity index is 567. The Morgan fingerprint density at radius 2 is 2.10 bits per heavy atom. The van der Waals surface area contributed by atoms with Crippen LogP contribution in [0.25, 0.3) is 0 Å². The van der Waals surface area contributed by atoms with Gasteiger partial charge in [-0.15, -0.1) is 0 Å². The lowest BCUT2D eigenvalue weighted by Crippen LogP contribution is -2.41. The smallest absolute Gasteiger partial charge is 0.308 e. The molecule has 20 heavy (non-hydrogen) atoms. The van der Waals surface area contributed by atoms with E-state index < -0.39 is 18.5 Å². The van der Waals surface area contributed by atoms with Gasteiger partial charge in [0.15, 0.2) is 0 Å². The van der Waals surface area contributed by atoms with Crippen molar-refractivity contribution in [3.63, 3.8) is 0 Å². The van der Waals surface area contributed by atoms with Crippen molar-refractivity contribution in [2.24, 2.45) is 0 Å². The molecule has 1 aliphatic rings. The number of anilines is 1. The Kier molecular flexibility index (Phi) is 4.02. The molecule has 0 aromatic heterocycles. The van der Waals surface area contributed by atoms with E-state index in [-0.39, 0.29) is 12.3 Å². The first kappa shape index (κ1) is 14.0. The molecule has 6 heteroatoms. The summed E-state index contributed by atoms with van der Waals surface area (Å²) in [5.41, 5.74) is 1.14. The van der Waals surface area contributed by atoms with Gasteiger partial charge in [-0.1, -0.05) is 6.07 Å². The highest BCUT2D eigenvalue weighted by molar-refractivity contribution is 5.98. The van der Waals surface area contributed by atoms with E-state index in [4.69, 9.17) is 4.74 Å². The number of ether oxygens (including phenoxy) is 1. The van der Waals surface area contributed by atoms with Gasteiger partial charge < -0.3 is 19.5 Å². The van der Waals surface area contributed by atoms with Crippen LogP contribution in [-0.2, 0) is 20.8 Å². The van der Waals surface area contributed by atoms with E-state index in [2.05, 4.69) is 0 Å². The number of carboxylic acid groups (broad SMARTS) is 1. The lowest BCUT2D eigenvalue weighted by molar-refractivity contribution is -0.303. The van der Waals surface area contributed by atoms with Gasteiger partial charge in [0.05, 0.1) is 18.2 Å². The zero-order valence-electron chi connectivity index (χ0n) is 11.0. The van der Waals surface area contributed by atoms with Gasteiger partial charge in [-0.3, -0.25) is 9.59 Å². The molecule has 1 aromatic rings. The Morgan fingerprint density at radius 1 is 1.35 bits per heavy atom. The van der Waals surface area contributed by atoms with E-state index in [1.54, 1.807) is 18.2 Å². The van der Waals surface area contributed by atoms with E-state index in [1.807, 2.05) is 0 Å². The van der Waals surface area contributed by atoms with Crippen molar-refractivity contribution >= 4 is 23.5 Å². The van der Waals surface area contributed by atoms with Crippen molar-refractivity contribution in [3.8, 4) is 5.75 Å². The molecule has 0 bridgehead atoms. The van der Waals surface area contributed by atoms with Crippen molar-refractivity contribution in [2.45, 2.75) is 26.2 Å². The first-order chi connectivity index (χ1) is 9.49. The molecular weight excluding hydrogens is 262 g/mol. The van der Waals surface area contributed by atoms with Crippen LogP contribution in [0.1, 0.15) is 25.3 Å². The number of benzene rings is 1. The van der Waals surface area contributed by atoms with Crippen LogP contribution in [0.3, 0.4) is 0 Å². The largest absolute Gasteiger partial charge is 0.548 e. The number of fused-ring (bicyclic) bond motifs is 1. The number of carbonyl (C=O) groups excluding carboxylic acids is 3. The van der Waals surface area contributed by atoms with E-state index in [9.17, 15) is 19.5 Å². The third-order valence-corrected chi connectivity index (χ3v) is 3.06. The van der Waals surface area contributed by atoms with Crippen LogP contribution in [0.15, 0.2) is 18.2 Å². The molecular formula is C14H14NO5-. The maximum absolute atomic E-state index is 12.0. The third kappa shape index (κ3) is 2.96. The minimum atomic E-state index is -1.33. The Morgan fingerprint density at radius 3 is 2.75 bits per heavy atom. The minimum absolute atomic E-state index is 0.251. The van der Waals surface area contributed by atoms with Gasteiger partial charge in [-0.25, -0.2) is 0 Å².